The third-order valence-corrected chi connectivity index (χ3v) is 3.55. The molecule has 0 aromatic rings. The van der Waals surface area contributed by atoms with Gasteiger partial charge in [-0.05, 0) is 51.5 Å². The molecule has 1 atom stereocenters. The molecular formula is C13H26N2O2. The molecule has 0 radical (unpaired) electrons. The molecule has 1 aliphatic rings. The maximum absolute atomic E-state index is 11.8. The van der Waals surface area contributed by atoms with Crippen LogP contribution in [0.2, 0.25) is 0 Å². The number of aliphatic hydroxyl groups excluding tert-OH is 1. The molecule has 4 nitrogen and oxygen atoms in total. The predicted molar refractivity (Wildman–Crippen MR) is 68.7 cm³/mol. The van der Waals surface area contributed by atoms with Gasteiger partial charge in [-0.1, -0.05) is 6.92 Å². The molecular weight excluding hydrogens is 216 g/mol. The van der Waals surface area contributed by atoms with E-state index >= 15 is 0 Å². The van der Waals surface area contributed by atoms with Crippen molar-refractivity contribution in [1.82, 2.24) is 10.6 Å². The van der Waals surface area contributed by atoms with Crippen LogP contribution in [0.1, 0.15) is 46.0 Å². The van der Waals surface area contributed by atoms with Crippen LogP contribution in [0.15, 0.2) is 0 Å². The van der Waals surface area contributed by atoms with E-state index in [1.165, 1.54) is 0 Å². The van der Waals surface area contributed by atoms with Gasteiger partial charge in [-0.25, -0.2) is 0 Å². The molecule has 0 heterocycles. The van der Waals surface area contributed by atoms with E-state index < -0.39 is 0 Å². The van der Waals surface area contributed by atoms with Crippen LogP contribution in [-0.2, 0) is 4.79 Å². The van der Waals surface area contributed by atoms with Crippen LogP contribution in [0.4, 0.5) is 0 Å². The molecule has 17 heavy (non-hydrogen) atoms. The number of hydrogen-bond donors (Lipinski definition) is 3. The summed E-state index contributed by atoms with van der Waals surface area (Å²) < 4.78 is 0. The summed E-state index contributed by atoms with van der Waals surface area (Å²) in [6.45, 7) is 5.17. The van der Waals surface area contributed by atoms with Crippen molar-refractivity contribution in [3.05, 3.63) is 0 Å². The Morgan fingerprint density at radius 1 is 1.35 bits per heavy atom. The molecule has 1 saturated carbocycles. The molecule has 3 N–H and O–H groups in total. The summed E-state index contributed by atoms with van der Waals surface area (Å²) in [5.74, 6) is 0.546. The van der Waals surface area contributed by atoms with Crippen molar-refractivity contribution in [3.63, 3.8) is 0 Å². The maximum atomic E-state index is 11.8. The van der Waals surface area contributed by atoms with Gasteiger partial charge in [-0.2, -0.15) is 0 Å². The van der Waals surface area contributed by atoms with Crippen molar-refractivity contribution in [2.75, 3.05) is 13.2 Å². The van der Waals surface area contributed by atoms with E-state index in [4.69, 9.17) is 5.11 Å². The van der Waals surface area contributed by atoms with Crippen molar-refractivity contribution in [2.45, 2.75) is 58.0 Å². The normalized spacial score (nSPS) is 26.5. The van der Waals surface area contributed by atoms with Crippen LogP contribution in [0.25, 0.3) is 0 Å². The smallest absolute Gasteiger partial charge is 0.237 e. The van der Waals surface area contributed by atoms with E-state index in [1.54, 1.807) is 0 Å². The second-order valence-corrected chi connectivity index (χ2v) is 5.08. The topological polar surface area (TPSA) is 61.4 Å². The molecule has 0 aromatic heterocycles. The Labute approximate surface area is 104 Å². The van der Waals surface area contributed by atoms with Gasteiger partial charge in [0.2, 0.25) is 5.91 Å². The Morgan fingerprint density at radius 2 is 2.00 bits per heavy atom. The van der Waals surface area contributed by atoms with Crippen LogP contribution in [0, 0.1) is 5.92 Å². The number of rotatable bonds is 6. The lowest BCUT2D eigenvalue weighted by molar-refractivity contribution is -0.123. The monoisotopic (exact) mass is 242 g/mol. The molecule has 1 amide bonds. The zero-order valence-corrected chi connectivity index (χ0v) is 11.0. The number of carbonyl (C=O) groups excluding carboxylic acids is 1. The van der Waals surface area contributed by atoms with Gasteiger partial charge in [0, 0.05) is 12.6 Å². The summed E-state index contributed by atoms with van der Waals surface area (Å²) >= 11 is 0. The minimum atomic E-state index is -0.106. The molecule has 0 aliphatic heterocycles. The first-order chi connectivity index (χ1) is 8.17. The van der Waals surface area contributed by atoms with Gasteiger partial charge < -0.3 is 15.7 Å². The lowest BCUT2D eigenvalue weighted by Gasteiger charge is -2.29. The van der Waals surface area contributed by atoms with Crippen molar-refractivity contribution < 1.29 is 9.90 Å². The van der Waals surface area contributed by atoms with Crippen molar-refractivity contribution in [1.29, 1.82) is 0 Å². The number of aliphatic hydroxyl groups is 1. The number of hydrogen-bond acceptors (Lipinski definition) is 3. The van der Waals surface area contributed by atoms with Gasteiger partial charge in [0.05, 0.1) is 6.04 Å². The van der Waals surface area contributed by atoms with Gasteiger partial charge in [0.25, 0.3) is 0 Å². The third-order valence-electron chi connectivity index (χ3n) is 3.55. The summed E-state index contributed by atoms with van der Waals surface area (Å²) in [5, 5.41) is 15.3. The first kappa shape index (κ1) is 14.5. The molecule has 100 valence electrons. The highest BCUT2D eigenvalue weighted by Crippen LogP contribution is 2.23. The zero-order chi connectivity index (χ0) is 12.7. The molecule has 0 aromatic carbocycles. The van der Waals surface area contributed by atoms with E-state index in [2.05, 4.69) is 17.6 Å². The maximum Gasteiger partial charge on any atom is 0.237 e. The van der Waals surface area contributed by atoms with E-state index in [0.717, 1.165) is 38.6 Å². The molecule has 0 saturated heterocycles. The first-order valence-electron chi connectivity index (χ1n) is 6.82. The van der Waals surface area contributed by atoms with Gasteiger partial charge >= 0.3 is 0 Å². The van der Waals surface area contributed by atoms with E-state index in [9.17, 15) is 4.79 Å². The van der Waals surface area contributed by atoms with Crippen LogP contribution < -0.4 is 10.6 Å². The minimum absolute atomic E-state index is 0.103. The second kappa shape index (κ2) is 7.67. The summed E-state index contributed by atoms with van der Waals surface area (Å²) in [4.78, 5) is 11.8. The summed E-state index contributed by atoms with van der Waals surface area (Å²) in [5.41, 5.74) is 0. The van der Waals surface area contributed by atoms with E-state index in [-0.39, 0.29) is 18.6 Å². The molecule has 0 unspecified atom stereocenters. The quantitative estimate of drug-likeness (QED) is 0.652. The minimum Gasteiger partial charge on any atom is -0.396 e. The summed E-state index contributed by atoms with van der Waals surface area (Å²) in [7, 11) is 0. The average Bonchev–Trinajstić information content (AvgIpc) is 2.36. The van der Waals surface area contributed by atoms with Crippen molar-refractivity contribution >= 4 is 5.91 Å². The zero-order valence-electron chi connectivity index (χ0n) is 11.0. The van der Waals surface area contributed by atoms with Crippen LogP contribution in [-0.4, -0.2) is 36.2 Å². The Balaban J connectivity index is 2.22. The highest BCUT2D eigenvalue weighted by Gasteiger charge is 2.23. The third kappa shape index (κ3) is 5.04. The van der Waals surface area contributed by atoms with Gasteiger partial charge in [0.15, 0.2) is 0 Å². The van der Waals surface area contributed by atoms with Crippen molar-refractivity contribution in [2.24, 2.45) is 5.92 Å². The van der Waals surface area contributed by atoms with Gasteiger partial charge in [0.1, 0.15) is 0 Å². The van der Waals surface area contributed by atoms with E-state index in [0.29, 0.717) is 12.0 Å². The van der Waals surface area contributed by atoms with Crippen LogP contribution in [0.3, 0.4) is 0 Å². The van der Waals surface area contributed by atoms with Gasteiger partial charge in [-0.15, -0.1) is 0 Å². The van der Waals surface area contributed by atoms with Crippen molar-refractivity contribution in [3.8, 4) is 0 Å². The average molecular weight is 242 g/mol. The molecule has 4 heteroatoms. The SMILES string of the molecule is CCCN[C@H](C)C(=O)NC1CCC(CO)CC1. The fraction of sp³-hybridized carbons (Fsp3) is 0.923. The standard InChI is InChI=1S/C13H26N2O2/c1-3-8-14-10(2)13(17)15-12-6-4-11(9-16)5-7-12/h10-12,14,16H,3-9H2,1-2H3,(H,15,17)/t10-,11?,12?/m1/s1. The lowest BCUT2D eigenvalue weighted by Crippen LogP contribution is -2.47. The molecule has 0 bridgehead atoms. The Hall–Kier alpha value is -0.610. The largest absolute Gasteiger partial charge is 0.396 e. The second-order valence-electron chi connectivity index (χ2n) is 5.08. The number of amides is 1. The number of nitrogens with one attached hydrogen (secondary N) is 2. The Morgan fingerprint density at radius 3 is 2.53 bits per heavy atom. The predicted octanol–water partition coefficient (Wildman–Crippen LogP) is 1.04. The Bertz CT molecular complexity index is 225. The van der Waals surface area contributed by atoms with Crippen LogP contribution in [0.5, 0.6) is 0 Å². The Kier molecular flexibility index (Phi) is 6.52. The fourth-order valence-electron chi connectivity index (χ4n) is 2.27. The highest BCUT2D eigenvalue weighted by molar-refractivity contribution is 5.81. The van der Waals surface area contributed by atoms with Crippen LogP contribution >= 0.6 is 0 Å². The molecule has 1 rings (SSSR count). The molecule has 1 fully saturated rings. The van der Waals surface area contributed by atoms with Gasteiger partial charge in [-0.3, -0.25) is 4.79 Å². The van der Waals surface area contributed by atoms with E-state index in [1.807, 2.05) is 6.92 Å². The molecule has 0 spiro atoms. The number of carbonyl (C=O) groups is 1. The lowest BCUT2D eigenvalue weighted by atomic mass is 9.86. The first-order valence-corrected chi connectivity index (χ1v) is 6.82. The summed E-state index contributed by atoms with van der Waals surface area (Å²) in [6, 6.07) is 0.196. The fourth-order valence-corrected chi connectivity index (χ4v) is 2.27. The summed E-state index contributed by atoms with van der Waals surface area (Å²) in [6.07, 6.45) is 5.09. The highest BCUT2D eigenvalue weighted by atomic mass is 16.3. The molecule has 1 aliphatic carbocycles.